The molecule has 0 bridgehead atoms. The summed E-state index contributed by atoms with van der Waals surface area (Å²) in [4.78, 5) is 0. The maximum absolute atomic E-state index is 8.38. The van der Waals surface area contributed by atoms with Gasteiger partial charge in [0.25, 0.3) is 0 Å². The van der Waals surface area contributed by atoms with Crippen molar-refractivity contribution < 1.29 is 9.84 Å². The maximum Gasteiger partial charge on any atom is 0.0698 e. The third kappa shape index (κ3) is 9.62. The predicted octanol–water partition coefficient (Wildman–Crippen LogP) is 0.551. The van der Waals surface area contributed by atoms with Gasteiger partial charge >= 0.3 is 0 Å². The van der Waals surface area contributed by atoms with Crippen LogP contribution >= 0.6 is 0 Å². The summed E-state index contributed by atoms with van der Waals surface area (Å²) in [5.41, 5.74) is 0. The highest BCUT2D eigenvalue weighted by molar-refractivity contribution is 4.77. The van der Waals surface area contributed by atoms with E-state index in [-0.39, 0.29) is 6.61 Å². The van der Waals surface area contributed by atoms with Gasteiger partial charge in [0.05, 0.1) is 19.8 Å². The van der Waals surface area contributed by atoms with Crippen LogP contribution in [-0.4, -0.2) is 38.0 Å². The molecule has 0 unspecified atom stereocenters. The SMILES string of the molecule is C/C=C/CCNCCOCCO. The molecule has 0 aromatic carbocycles. The molecule has 0 atom stereocenters. The van der Waals surface area contributed by atoms with Gasteiger partial charge in [-0.2, -0.15) is 0 Å². The van der Waals surface area contributed by atoms with Crippen LogP contribution in [0.2, 0.25) is 0 Å². The smallest absolute Gasteiger partial charge is 0.0698 e. The lowest BCUT2D eigenvalue weighted by Crippen LogP contribution is -2.21. The van der Waals surface area contributed by atoms with Crippen molar-refractivity contribution in [2.75, 3.05) is 32.9 Å². The monoisotopic (exact) mass is 173 g/mol. The van der Waals surface area contributed by atoms with Crippen LogP contribution < -0.4 is 5.32 Å². The van der Waals surface area contributed by atoms with Gasteiger partial charge in [-0.05, 0) is 19.9 Å². The van der Waals surface area contributed by atoms with Crippen molar-refractivity contribution in [2.24, 2.45) is 0 Å². The van der Waals surface area contributed by atoms with Crippen LogP contribution in [-0.2, 0) is 4.74 Å². The van der Waals surface area contributed by atoms with Crippen molar-refractivity contribution in [1.82, 2.24) is 5.32 Å². The van der Waals surface area contributed by atoms with Crippen molar-refractivity contribution in [2.45, 2.75) is 13.3 Å². The highest BCUT2D eigenvalue weighted by Gasteiger charge is 1.86. The summed E-state index contributed by atoms with van der Waals surface area (Å²) in [5.74, 6) is 0. The summed E-state index contributed by atoms with van der Waals surface area (Å²) in [5, 5.41) is 11.6. The van der Waals surface area contributed by atoms with Crippen LogP contribution in [0.4, 0.5) is 0 Å². The maximum atomic E-state index is 8.38. The molecule has 0 aliphatic rings. The third-order valence-electron chi connectivity index (χ3n) is 1.38. The molecule has 3 nitrogen and oxygen atoms in total. The molecule has 0 saturated heterocycles. The van der Waals surface area contributed by atoms with Crippen LogP contribution in [0.15, 0.2) is 12.2 Å². The molecule has 2 N–H and O–H groups in total. The van der Waals surface area contributed by atoms with E-state index in [4.69, 9.17) is 9.84 Å². The summed E-state index contributed by atoms with van der Waals surface area (Å²) in [6, 6.07) is 0. The average Bonchev–Trinajstić information content (AvgIpc) is 2.10. The second-order valence-corrected chi connectivity index (χ2v) is 2.44. The minimum absolute atomic E-state index is 0.110. The van der Waals surface area contributed by atoms with Gasteiger partial charge in [-0.15, -0.1) is 0 Å². The number of ether oxygens (including phenoxy) is 1. The molecule has 12 heavy (non-hydrogen) atoms. The minimum Gasteiger partial charge on any atom is -0.394 e. The Balaban J connectivity index is 2.81. The zero-order valence-electron chi connectivity index (χ0n) is 7.75. The Kier molecular flexibility index (Phi) is 10.3. The van der Waals surface area contributed by atoms with Crippen LogP contribution in [0, 0.1) is 0 Å². The zero-order valence-corrected chi connectivity index (χ0v) is 7.75. The Morgan fingerprint density at radius 3 is 2.83 bits per heavy atom. The van der Waals surface area contributed by atoms with Gasteiger partial charge in [-0.1, -0.05) is 12.2 Å². The van der Waals surface area contributed by atoms with E-state index in [1.807, 2.05) is 13.0 Å². The third-order valence-corrected chi connectivity index (χ3v) is 1.38. The lowest BCUT2D eigenvalue weighted by Gasteiger charge is -2.02. The topological polar surface area (TPSA) is 41.5 Å². The molecular weight excluding hydrogens is 154 g/mol. The van der Waals surface area contributed by atoms with Crippen LogP contribution in [0.25, 0.3) is 0 Å². The highest BCUT2D eigenvalue weighted by Crippen LogP contribution is 1.79. The van der Waals surface area contributed by atoms with E-state index < -0.39 is 0 Å². The van der Waals surface area contributed by atoms with E-state index in [0.717, 1.165) is 19.5 Å². The number of nitrogens with one attached hydrogen (secondary N) is 1. The van der Waals surface area contributed by atoms with Crippen molar-refractivity contribution in [3.8, 4) is 0 Å². The fraction of sp³-hybridized carbons (Fsp3) is 0.778. The molecule has 72 valence electrons. The lowest BCUT2D eigenvalue weighted by molar-refractivity contribution is 0.0940. The summed E-state index contributed by atoms with van der Waals surface area (Å²) in [6.07, 6.45) is 5.24. The van der Waals surface area contributed by atoms with Crippen LogP contribution in [0.1, 0.15) is 13.3 Å². The molecule has 0 fully saturated rings. The average molecular weight is 173 g/mol. The highest BCUT2D eigenvalue weighted by atomic mass is 16.5. The van der Waals surface area contributed by atoms with Gasteiger partial charge < -0.3 is 15.2 Å². The fourth-order valence-electron chi connectivity index (χ4n) is 0.788. The van der Waals surface area contributed by atoms with Gasteiger partial charge in [0.1, 0.15) is 0 Å². The van der Waals surface area contributed by atoms with Gasteiger partial charge in [0, 0.05) is 6.54 Å². The zero-order chi connectivity index (χ0) is 9.07. The van der Waals surface area contributed by atoms with E-state index in [1.54, 1.807) is 0 Å². The van der Waals surface area contributed by atoms with Crippen LogP contribution in [0.5, 0.6) is 0 Å². The van der Waals surface area contributed by atoms with E-state index in [2.05, 4.69) is 11.4 Å². The van der Waals surface area contributed by atoms with Crippen molar-refractivity contribution in [3.63, 3.8) is 0 Å². The first kappa shape index (κ1) is 11.6. The normalized spacial score (nSPS) is 11.2. The Bertz CT molecular complexity index is 105. The fourth-order valence-corrected chi connectivity index (χ4v) is 0.788. The number of aliphatic hydroxyl groups excluding tert-OH is 1. The van der Waals surface area contributed by atoms with Gasteiger partial charge in [-0.25, -0.2) is 0 Å². The summed E-state index contributed by atoms with van der Waals surface area (Å²) in [6.45, 7) is 5.10. The molecule has 0 radical (unpaired) electrons. The Hall–Kier alpha value is -0.380. The first-order valence-electron chi connectivity index (χ1n) is 4.42. The van der Waals surface area contributed by atoms with Gasteiger partial charge in [0.15, 0.2) is 0 Å². The molecule has 0 heterocycles. The first-order valence-corrected chi connectivity index (χ1v) is 4.42. The van der Waals surface area contributed by atoms with Crippen molar-refractivity contribution in [3.05, 3.63) is 12.2 Å². The number of aliphatic hydroxyl groups is 1. The molecular formula is C9H19NO2. The standard InChI is InChI=1S/C9H19NO2/c1-2-3-4-5-10-6-8-12-9-7-11/h2-3,10-11H,4-9H2,1H3/b3-2+. The molecule has 0 aliphatic carbocycles. The van der Waals surface area contributed by atoms with E-state index >= 15 is 0 Å². The molecule has 0 aliphatic heterocycles. The molecule has 0 amide bonds. The lowest BCUT2D eigenvalue weighted by atomic mass is 10.4. The molecule has 3 heteroatoms. The second-order valence-electron chi connectivity index (χ2n) is 2.44. The number of rotatable bonds is 8. The van der Waals surface area contributed by atoms with E-state index in [1.165, 1.54) is 0 Å². The number of hydrogen-bond acceptors (Lipinski definition) is 3. The van der Waals surface area contributed by atoms with E-state index in [0.29, 0.717) is 13.2 Å². The van der Waals surface area contributed by atoms with Crippen molar-refractivity contribution >= 4 is 0 Å². The molecule has 0 aromatic rings. The summed E-state index contributed by atoms with van der Waals surface area (Å²) < 4.78 is 5.06. The minimum atomic E-state index is 0.110. The first-order chi connectivity index (χ1) is 5.91. The van der Waals surface area contributed by atoms with E-state index in [9.17, 15) is 0 Å². The molecule has 0 rings (SSSR count). The van der Waals surface area contributed by atoms with Crippen molar-refractivity contribution in [1.29, 1.82) is 0 Å². The summed E-state index contributed by atoms with van der Waals surface area (Å²) >= 11 is 0. The quantitative estimate of drug-likeness (QED) is 0.416. The molecule has 0 spiro atoms. The van der Waals surface area contributed by atoms with Gasteiger partial charge in [-0.3, -0.25) is 0 Å². The Morgan fingerprint density at radius 1 is 1.33 bits per heavy atom. The number of hydrogen-bond donors (Lipinski definition) is 2. The van der Waals surface area contributed by atoms with Crippen LogP contribution in [0.3, 0.4) is 0 Å². The predicted molar refractivity (Wildman–Crippen MR) is 50.2 cm³/mol. The van der Waals surface area contributed by atoms with Gasteiger partial charge in [0.2, 0.25) is 0 Å². The molecule has 0 aromatic heterocycles. The Labute approximate surface area is 74.4 Å². The Morgan fingerprint density at radius 2 is 2.17 bits per heavy atom. The molecule has 0 saturated carbocycles. The largest absolute Gasteiger partial charge is 0.394 e. The summed E-state index contributed by atoms with van der Waals surface area (Å²) in [7, 11) is 0. The second kappa shape index (κ2) is 10.6. The number of allylic oxidation sites excluding steroid dienone is 1.